The highest BCUT2D eigenvalue weighted by atomic mass is 16.1. The van der Waals surface area contributed by atoms with Gasteiger partial charge in [0.15, 0.2) is 6.29 Å². The van der Waals surface area contributed by atoms with Gasteiger partial charge in [0, 0.05) is 11.6 Å². The van der Waals surface area contributed by atoms with Crippen molar-refractivity contribution in [3.8, 4) is 0 Å². The number of fused-ring (bicyclic) bond motifs is 1. The summed E-state index contributed by atoms with van der Waals surface area (Å²) in [7, 11) is 0. The number of pyridine rings is 1. The number of nitrogens with one attached hydrogen (secondary N) is 1. The van der Waals surface area contributed by atoms with Crippen LogP contribution in [0.2, 0.25) is 0 Å². The highest BCUT2D eigenvalue weighted by molar-refractivity contribution is 5.85. The van der Waals surface area contributed by atoms with E-state index in [2.05, 4.69) is 9.97 Å². The van der Waals surface area contributed by atoms with E-state index in [1.54, 1.807) is 12.3 Å². The molecule has 0 unspecified atom stereocenters. The fraction of sp³-hybridized carbons (Fsp3) is 0.333. The Morgan fingerprint density at radius 2 is 1.93 bits per heavy atom. The minimum Gasteiger partial charge on any atom is -0.337 e. The molecule has 2 rings (SSSR count). The van der Waals surface area contributed by atoms with E-state index in [4.69, 9.17) is 0 Å². The van der Waals surface area contributed by atoms with Crippen molar-refractivity contribution in [1.82, 2.24) is 9.97 Å². The highest BCUT2D eigenvalue weighted by Gasteiger charge is 1.97. The molecule has 3 heteroatoms. The maximum absolute atomic E-state index is 10.3. The molecule has 15 heavy (non-hydrogen) atoms. The van der Waals surface area contributed by atoms with Gasteiger partial charge in [0.25, 0.3) is 0 Å². The Morgan fingerprint density at radius 3 is 2.47 bits per heavy atom. The quantitative estimate of drug-likeness (QED) is 0.726. The normalized spacial score (nSPS) is 8.27. The van der Waals surface area contributed by atoms with Gasteiger partial charge < -0.3 is 4.98 Å². The lowest BCUT2D eigenvalue weighted by atomic mass is 10.3. The number of carbonyl (C=O) groups excluding carboxylic acids is 1. The van der Waals surface area contributed by atoms with Gasteiger partial charge in [-0.15, -0.1) is 0 Å². The van der Waals surface area contributed by atoms with Gasteiger partial charge in [0.2, 0.25) is 0 Å². The summed E-state index contributed by atoms with van der Waals surface area (Å²) in [5.74, 6) is 0. The Hall–Kier alpha value is -1.64. The topological polar surface area (TPSA) is 45.8 Å². The van der Waals surface area contributed by atoms with Crippen LogP contribution in [-0.4, -0.2) is 16.3 Å². The van der Waals surface area contributed by atoms with Gasteiger partial charge in [-0.05, 0) is 18.2 Å². The molecule has 82 valence electrons. The number of aldehydes is 1. The van der Waals surface area contributed by atoms with E-state index in [-0.39, 0.29) is 0 Å². The van der Waals surface area contributed by atoms with Crippen LogP contribution in [0.25, 0.3) is 11.0 Å². The molecule has 0 bridgehead atoms. The molecule has 2 aromatic rings. The van der Waals surface area contributed by atoms with Crippen molar-refractivity contribution in [2.24, 2.45) is 0 Å². The van der Waals surface area contributed by atoms with Gasteiger partial charge in [-0.2, -0.15) is 0 Å². The first-order valence-electron chi connectivity index (χ1n) is 5.29. The summed E-state index contributed by atoms with van der Waals surface area (Å²) in [6.07, 6.45) is 2.47. The van der Waals surface area contributed by atoms with Gasteiger partial charge in [0.1, 0.15) is 5.65 Å². The summed E-state index contributed by atoms with van der Waals surface area (Å²) < 4.78 is 0. The summed E-state index contributed by atoms with van der Waals surface area (Å²) in [6.45, 7) is 8.00. The average molecular weight is 206 g/mol. The van der Waals surface area contributed by atoms with E-state index in [0.29, 0.717) is 5.69 Å². The predicted molar refractivity (Wildman–Crippen MR) is 64.2 cm³/mol. The molecule has 0 atom stereocenters. The van der Waals surface area contributed by atoms with E-state index in [0.717, 1.165) is 17.3 Å². The molecule has 0 aliphatic rings. The maximum atomic E-state index is 10.3. The molecule has 0 amide bonds. The molecular weight excluding hydrogens is 188 g/mol. The molecule has 2 aromatic heterocycles. The number of hydrogen-bond donors (Lipinski definition) is 1. The molecule has 0 spiro atoms. The molecule has 3 nitrogen and oxygen atoms in total. The number of carbonyl (C=O) groups is 1. The van der Waals surface area contributed by atoms with E-state index in [9.17, 15) is 4.79 Å². The second-order valence-corrected chi connectivity index (χ2v) is 2.28. The van der Waals surface area contributed by atoms with Crippen molar-refractivity contribution in [2.45, 2.75) is 27.7 Å². The number of H-pyrrole nitrogens is 1. The molecule has 0 aromatic carbocycles. The van der Waals surface area contributed by atoms with Gasteiger partial charge in [0.05, 0.1) is 5.69 Å². The third-order valence-electron chi connectivity index (χ3n) is 1.54. The average Bonchev–Trinajstić information content (AvgIpc) is 2.77. The molecule has 1 N–H and O–H groups in total. The fourth-order valence-corrected chi connectivity index (χ4v) is 1.04. The van der Waals surface area contributed by atoms with Crippen LogP contribution < -0.4 is 0 Å². The maximum Gasteiger partial charge on any atom is 0.166 e. The largest absolute Gasteiger partial charge is 0.337 e. The van der Waals surface area contributed by atoms with E-state index in [1.165, 1.54) is 0 Å². The Labute approximate surface area is 90.5 Å². The second-order valence-electron chi connectivity index (χ2n) is 2.28. The summed E-state index contributed by atoms with van der Waals surface area (Å²) in [6, 6.07) is 5.52. The number of aromatic amines is 1. The molecule has 0 aliphatic heterocycles. The Kier molecular flexibility index (Phi) is 6.89. The lowest BCUT2D eigenvalue weighted by Crippen LogP contribution is -1.76. The van der Waals surface area contributed by atoms with Crippen LogP contribution in [0.3, 0.4) is 0 Å². The standard InChI is InChI=1S/C8H6N2O.2C2H6/c11-5-7-4-6-2-1-3-9-8(6)10-7;2*1-2/h1-5H,(H,9,10);2*1-2H3. The third-order valence-corrected chi connectivity index (χ3v) is 1.54. The summed E-state index contributed by atoms with van der Waals surface area (Å²) in [5, 5.41) is 0.967. The van der Waals surface area contributed by atoms with Crippen molar-refractivity contribution in [3.05, 3.63) is 30.1 Å². The molecular formula is C12H18N2O. The van der Waals surface area contributed by atoms with Crippen LogP contribution in [-0.2, 0) is 0 Å². The second kappa shape index (κ2) is 7.74. The lowest BCUT2D eigenvalue weighted by molar-refractivity contribution is 0.112. The molecule has 0 saturated carbocycles. The minimum atomic E-state index is 0.568. The Morgan fingerprint density at radius 1 is 1.27 bits per heavy atom. The van der Waals surface area contributed by atoms with Crippen LogP contribution in [0.5, 0.6) is 0 Å². The summed E-state index contributed by atoms with van der Waals surface area (Å²) >= 11 is 0. The smallest absolute Gasteiger partial charge is 0.166 e. The van der Waals surface area contributed by atoms with Gasteiger partial charge in [-0.1, -0.05) is 27.7 Å². The van der Waals surface area contributed by atoms with Crippen LogP contribution in [0.4, 0.5) is 0 Å². The first-order valence-corrected chi connectivity index (χ1v) is 5.29. The minimum absolute atomic E-state index is 0.568. The molecule has 0 radical (unpaired) electrons. The van der Waals surface area contributed by atoms with Crippen molar-refractivity contribution in [2.75, 3.05) is 0 Å². The molecule has 0 saturated heterocycles. The van der Waals surface area contributed by atoms with Crippen molar-refractivity contribution in [3.63, 3.8) is 0 Å². The molecule has 0 fully saturated rings. The van der Waals surface area contributed by atoms with Crippen molar-refractivity contribution >= 4 is 17.3 Å². The van der Waals surface area contributed by atoms with Crippen LogP contribution in [0, 0.1) is 0 Å². The molecule has 2 heterocycles. The first kappa shape index (κ1) is 13.4. The SMILES string of the molecule is CC.CC.O=Cc1cc2cccnc2[nH]1. The fourth-order valence-electron chi connectivity index (χ4n) is 1.04. The van der Waals surface area contributed by atoms with Crippen LogP contribution in [0.15, 0.2) is 24.4 Å². The first-order chi connectivity index (χ1) is 7.40. The predicted octanol–water partition coefficient (Wildman–Crippen LogP) is 3.43. The Bertz CT molecular complexity index is 360. The Balaban J connectivity index is 0.000000442. The number of aromatic nitrogens is 2. The van der Waals surface area contributed by atoms with E-state index < -0.39 is 0 Å². The van der Waals surface area contributed by atoms with Crippen molar-refractivity contribution in [1.29, 1.82) is 0 Å². The third kappa shape index (κ3) is 3.54. The number of nitrogens with zero attached hydrogens (tertiary/aromatic N) is 1. The van der Waals surface area contributed by atoms with E-state index >= 15 is 0 Å². The zero-order chi connectivity index (χ0) is 11.7. The van der Waals surface area contributed by atoms with Crippen molar-refractivity contribution < 1.29 is 4.79 Å². The summed E-state index contributed by atoms with van der Waals surface area (Å²) in [5.41, 5.74) is 1.33. The monoisotopic (exact) mass is 206 g/mol. The van der Waals surface area contributed by atoms with Gasteiger partial charge >= 0.3 is 0 Å². The lowest BCUT2D eigenvalue weighted by Gasteiger charge is -1.82. The van der Waals surface area contributed by atoms with E-state index in [1.807, 2.05) is 39.8 Å². The zero-order valence-electron chi connectivity index (χ0n) is 9.74. The van der Waals surface area contributed by atoms with Crippen LogP contribution >= 0.6 is 0 Å². The van der Waals surface area contributed by atoms with Gasteiger partial charge in [-0.25, -0.2) is 4.98 Å². The highest BCUT2D eigenvalue weighted by Crippen LogP contribution is 2.09. The number of rotatable bonds is 1. The van der Waals surface area contributed by atoms with Crippen LogP contribution in [0.1, 0.15) is 38.2 Å². The molecule has 0 aliphatic carbocycles. The summed E-state index contributed by atoms with van der Waals surface area (Å²) in [4.78, 5) is 17.2. The zero-order valence-corrected chi connectivity index (χ0v) is 9.74. The van der Waals surface area contributed by atoms with Gasteiger partial charge in [-0.3, -0.25) is 4.79 Å². The number of hydrogen-bond acceptors (Lipinski definition) is 2.